The fourth-order valence-electron chi connectivity index (χ4n) is 4.34. The smallest absolute Gasteiger partial charge is 0.243 e. The molecular weight excluding hydrogens is 480 g/mol. The van der Waals surface area contributed by atoms with Crippen molar-refractivity contribution < 1.29 is 27.4 Å². The molecule has 2 atom stereocenters. The molecule has 0 spiro atoms. The summed E-state index contributed by atoms with van der Waals surface area (Å²) in [7, 11) is 0.741. The van der Waals surface area contributed by atoms with Crippen LogP contribution in [0.1, 0.15) is 24.3 Å². The van der Waals surface area contributed by atoms with Gasteiger partial charge in [-0.1, -0.05) is 11.6 Å². The first-order valence-electron chi connectivity index (χ1n) is 11.1. The molecule has 2 aromatic rings. The van der Waals surface area contributed by atoms with Crippen molar-refractivity contribution in [3.05, 3.63) is 47.0 Å². The number of sulfonamides is 1. The van der Waals surface area contributed by atoms with Crippen LogP contribution in [-0.4, -0.2) is 59.6 Å². The van der Waals surface area contributed by atoms with Crippen molar-refractivity contribution in [2.24, 2.45) is 11.8 Å². The third-order valence-corrected chi connectivity index (χ3v) is 8.55. The molecule has 1 N–H and O–H groups in total. The standard InChI is InChI=1S/C24H29ClN2O6S/c1-31-21-10-16(11-22(32-2)23(21)33-3)19-13-27(14-20(19)24(28)26-12-15-4-5-15)34(29,30)18-8-6-17(25)7-9-18/h6-11,15,19-20H,4-5,12-14H2,1-3H3,(H,26,28). The monoisotopic (exact) mass is 508 g/mol. The first kappa shape index (κ1) is 24.6. The van der Waals surface area contributed by atoms with E-state index in [0.29, 0.717) is 34.7 Å². The SMILES string of the molecule is COc1cc(C2CN(S(=O)(=O)c3ccc(Cl)cc3)CC2C(=O)NCC2CC2)cc(OC)c1OC. The van der Waals surface area contributed by atoms with Crippen LogP contribution in [0.4, 0.5) is 0 Å². The predicted molar refractivity (Wildman–Crippen MR) is 128 cm³/mol. The van der Waals surface area contributed by atoms with Crippen LogP contribution < -0.4 is 19.5 Å². The van der Waals surface area contributed by atoms with E-state index in [1.54, 1.807) is 24.3 Å². The molecular formula is C24H29ClN2O6S. The van der Waals surface area contributed by atoms with Crippen LogP contribution in [0.5, 0.6) is 17.2 Å². The third kappa shape index (κ3) is 4.96. The third-order valence-electron chi connectivity index (χ3n) is 6.45. The van der Waals surface area contributed by atoms with E-state index < -0.39 is 21.9 Å². The summed E-state index contributed by atoms with van der Waals surface area (Å²) < 4.78 is 44.5. The van der Waals surface area contributed by atoms with Gasteiger partial charge in [-0.15, -0.1) is 0 Å². The summed E-state index contributed by atoms with van der Waals surface area (Å²) in [5, 5.41) is 3.47. The maximum atomic E-state index is 13.4. The van der Waals surface area contributed by atoms with Crippen LogP contribution in [0.25, 0.3) is 0 Å². The molecule has 2 aromatic carbocycles. The number of benzene rings is 2. The van der Waals surface area contributed by atoms with Gasteiger partial charge in [0, 0.05) is 30.6 Å². The van der Waals surface area contributed by atoms with Gasteiger partial charge in [0.15, 0.2) is 11.5 Å². The Bertz CT molecular complexity index is 1130. The lowest BCUT2D eigenvalue weighted by Gasteiger charge is -2.21. The van der Waals surface area contributed by atoms with Gasteiger partial charge in [0.1, 0.15) is 0 Å². The molecule has 1 saturated carbocycles. The van der Waals surface area contributed by atoms with Gasteiger partial charge in [0.2, 0.25) is 21.7 Å². The molecule has 1 aliphatic heterocycles. The Kier molecular flexibility index (Phi) is 7.25. The van der Waals surface area contributed by atoms with E-state index in [-0.39, 0.29) is 23.9 Å². The molecule has 0 bridgehead atoms. The highest BCUT2D eigenvalue weighted by atomic mass is 35.5. The van der Waals surface area contributed by atoms with Crippen LogP contribution in [0, 0.1) is 11.8 Å². The number of rotatable bonds is 9. The minimum absolute atomic E-state index is 0.0722. The second-order valence-corrected chi connectivity index (χ2v) is 11.0. The van der Waals surface area contributed by atoms with E-state index in [0.717, 1.165) is 18.4 Å². The van der Waals surface area contributed by atoms with Crippen LogP contribution in [0.3, 0.4) is 0 Å². The Balaban J connectivity index is 1.69. The van der Waals surface area contributed by atoms with Gasteiger partial charge in [-0.05, 0) is 60.7 Å². The minimum Gasteiger partial charge on any atom is -0.493 e. The van der Waals surface area contributed by atoms with E-state index in [9.17, 15) is 13.2 Å². The number of halogens is 1. The van der Waals surface area contributed by atoms with E-state index in [1.165, 1.54) is 37.8 Å². The van der Waals surface area contributed by atoms with Crippen molar-refractivity contribution in [3.63, 3.8) is 0 Å². The van der Waals surface area contributed by atoms with Crippen LogP contribution in [0.2, 0.25) is 5.02 Å². The number of hydrogen-bond acceptors (Lipinski definition) is 6. The van der Waals surface area contributed by atoms with Crippen LogP contribution >= 0.6 is 11.6 Å². The molecule has 2 fully saturated rings. The number of nitrogens with one attached hydrogen (secondary N) is 1. The molecule has 2 unspecified atom stereocenters. The highest BCUT2D eigenvalue weighted by Crippen LogP contribution is 2.44. The van der Waals surface area contributed by atoms with Gasteiger partial charge < -0.3 is 19.5 Å². The summed E-state index contributed by atoms with van der Waals surface area (Å²) in [6.45, 7) is 0.829. The molecule has 0 aromatic heterocycles. The molecule has 1 heterocycles. The number of nitrogens with zero attached hydrogens (tertiary/aromatic N) is 1. The topological polar surface area (TPSA) is 94.2 Å². The Morgan fingerprint density at radius 1 is 1.03 bits per heavy atom. The van der Waals surface area contributed by atoms with E-state index in [1.807, 2.05) is 0 Å². The van der Waals surface area contributed by atoms with Crippen molar-refractivity contribution in [1.29, 1.82) is 0 Å². The highest BCUT2D eigenvalue weighted by molar-refractivity contribution is 7.89. The summed E-state index contributed by atoms with van der Waals surface area (Å²) in [5.41, 5.74) is 0.745. The van der Waals surface area contributed by atoms with Crippen molar-refractivity contribution in [3.8, 4) is 17.2 Å². The molecule has 1 amide bonds. The zero-order valence-electron chi connectivity index (χ0n) is 19.4. The van der Waals surface area contributed by atoms with Gasteiger partial charge in [-0.25, -0.2) is 8.42 Å². The number of methoxy groups -OCH3 is 3. The molecule has 1 saturated heterocycles. The summed E-state index contributed by atoms with van der Waals surface area (Å²) in [6.07, 6.45) is 2.22. The first-order chi connectivity index (χ1) is 16.3. The number of carbonyl (C=O) groups excluding carboxylic acids is 1. The van der Waals surface area contributed by atoms with Gasteiger partial charge in [0.05, 0.1) is 32.1 Å². The summed E-state index contributed by atoms with van der Waals surface area (Å²) in [5.74, 6) is 0.741. The predicted octanol–water partition coefficient (Wildman–Crippen LogP) is 3.30. The largest absolute Gasteiger partial charge is 0.493 e. The molecule has 4 rings (SSSR count). The summed E-state index contributed by atoms with van der Waals surface area (Å²) in [6, 6.07) is 9.61. The second kappa shape index (κ2) is 10.0. The quantitative estimate of drug-likeness (QED) is 0.558. The number of hydrogen-bond donors (Lipinski definition) is 1. The van der Waals surface area contributed by atoms with Crippen molar-refractivity contribution in [2.45, 2.75) is 23.7 Å². The van der Waals surface area contributed by atoms with Crippen LogP contribution in [0.15, 0.2) is 41.3 Å². The lowest BCUT2D eigenvalue weighted by atomic mass is 9.88. The Hall–Kier alpha value is -2.49. The zero-order chi connectivity index (χ0) is 24.5. The van der Waals surface area contributed by atoms with Gasteiger partial charge >= 0.3 is 0 Å². The normalized spacial score (nSPS) is 20.7. The Labute approximate surface area is 205 Å². The molecule has 0 radical (unpaired) electrons. The number of amides is 1. The van der Waals surface area contributed by atoms with Crippen molar-refractivity contribution in [2.75, 3.05) is 41.0 Å². The van der Waals surface area contributed by atoms with Gasteiger partial charge in [-0.3, -0.25) is 4.79 Å². The average Bonchev–Trinajstić information content (AvgIpc) is 3.56. The molecule has 8 nitrogen and oxygen atoms in total. The lowest BCUT2D eigenvalue weighted by molar-refractivity contribution is -0.124. The van der Waals surface area contributed by atoms with E-state index in [4.69, 9.17) is 25.8 Å². The lowest BCUT2D eigenvalue weighted by Crippen LogP contribution is -2.36. The van der Waals surface area contributed by atoms with Crippen molar-refractivity contribution in [1.82, 2.24) is 9.62 Å². The summed E-state index contributed by atoms with van der Waals surface area (Å²) >= 11 is 5.94. The molecule has 1 aliphatic carbocycles. The maximum Gasteiger partial charge on any atom is 0.243 e. The molecule has 34 heavy (non-hydrogen) atoms. The Morgan fingerprint density at radius 3 is 2.18 bits per heavy atom. The average molecular weight is 509 g/mol. The molecule has 10 heteroatoms. The number of carbonyl (C=O) groups is 1. The Morgan fingerprint density at radius 2 is 1.65 bits per heavy atom. The fraction of sp³-hybridized carbons (Fsp3) is 0.458. The number of ether oxygens (including phenoxy) is 3. The molecule has 2 aliphatic rings. The van der Waals surface area contributed by atoms with Gasteiger partial charge in [-0.2, -0.15) is 4.31 Å². The van der Waals surface area contributed by atoms with Crippen LogP contribution in [-0.2, 0) is 14.8 Å². The highest BCUT2D eigenvalue weighted by Gasteiger charge is 2.44. The fourth-order valence-corrected chi connectivity index (χ4v) is 5.95. The maximum absolute atomic E-state index is 13.4. The van der Waals surface area contributed by atoms with Gasteiger partial charge in [0.25, 0.3) is 0 Å². The molecule has 184 valence electrons. The second-order valence-electron chi connectivity index (χ2n) is 8.64. The zero-order valence-corrected chi connectivity index (χ0v) is 21.0. The van der Waals surface area contributed by atoms with E-state index >= 15 is 0 Å². The van der Waals surface area contributed by atoms with Crippen molar-refractivity contribution >= 4 is 27.5 Å². The van der Waals surface area contributed by atoms with E-state index in [2.05, 4.69) is 5.32 Å². The minimum atomic E-state index is -3.82. The first-order valence-corrected chi connectivity index (χ1v) is 12.9. The summed E-state index contributed by atoms with van der Waals surface area (Å²) in [4.78, 5) is 13.3.